The van der Waals surface area contributed by atoms with E-state index in [9.17, 15) is 14.4 Å². The lowest BCUT2D eigenvalue weighted by Crippen LogP contribution is -2.48. The maximum Gasteiger partial charge on any atom is 0.303 e. The van der Waals surface area contributed by atoms with Gasteiger partial charge in [-0.25, -0.2) is 9.37 Å². The van der Waals surface area contributed by atoms with Crippen molar-refractivity contribution in [1.82, 2.24) is 9.88 Å². The van der Waals surface area contributed by atoms with Crippen molar-refractivity contribution in [2.24, 2.45) is 0 Å². The zero-order valence-electron chi connectivity index (χ0n) is 23.0. The van der Waals surface area contributed by atoms with E-state index in [0.717, 1.165) is 4.88 Å². The van der Waals surface area contributed by atoms with Crippen molar-refractivity contribution in [2.75, 3.05) is 11.9 Å². The fourth-order valence-corrected chi connectivity index (χ4v) is 6.55. The standard InChI is InChI=1S/C30H29ClFN3O6S/c1-17(2)41-30(29-33-15-19(42-29)8-9-26(37)38)10-5-11-35(30)25(36)14-18-12-22(31)27(23(32)13-18)34-28(39)21-16-40-24-7-4-3-6-20(21)24/h3-4,6-7,12-13,15-17H,5,8-11,14H2,1-2H3,(H,34,39)(H,37,38)/t30-/m0/s1. The van der Waals surface area contributed by atoms with Crippen LogP contribution in [0.2, 0.25) is 5.02 Å². The van der Waals surface area contributed by atoms with Crippen molar-refractivity contribution < 1.29 is 33.0 Å². The maximum absolute atomic E-state index is 15.3. The number of carboxylic acid groups (broad SMARTS) is 1. The topological polar surface area (TPSA) is 122 Å². The molecule has 2 aromatic heterocycles. The Bertz CT molecular complexity index is 1630. The summed E-state index contributed by atoms with van der Waals surface area (Å²) >= 11 is 7.73. The Morgan fingerprint density at radius 2 is 2.07 bits per heavy atom. The summed E-state index contributed by atoms with van der Waals surface area (Å²) in [5.74, 6) is -2.56. The number of nitrogens with zero attached hydrogens (tertiary/aromatic N) is 2. The number of hydrogen-bond acceptors (Lipinski definition) is 7. The molecule has 1 aliphatic rings. The molecule has 0 bridgehead atoms. The largest absolute Gasteiger partial charge is 0.481 e. The molecule has 0 spiro atoms. The molecule has 0 radical (unpaired) electrons. The summed E-state index contributed by atoms with van der Waals surface area (Å²) in [4.78, 5) is 44.5. The van der Waals surface area contributed by atoms with E-state index < -0.39 is 23.4 Å². The number of rotatable bonds is 10. The highest BCUT2D eigenvalue weighted by molar-refractivity contribution is 7.11. The minimum atomic E-state index is -1.11. The van der Waals surface area contributed by atoms with Gasteiger partial charge in [0, 0.05) is 29.4 Å². The number of aliphatic carboxylic acids is 1. The Morgan fingerprint density at radius 3 is 2.81 bits per heavy atom. The Morgan fingerprint density at radius 1 is 1.29 bits per heavy atom. The number of nitrogens with one attached hydrogen (secondary N) is 1. The number of anilines is 1. The van der Waals surface area contributed by atoms with Gasteiger partial charge >= 0.3 is 5.97 Å². The van der Waals surface area contributed by atoms with E-state index in [0.29, 0.717) is 47.3 Å². The fourth-order valence-electron chi connectivity index (χ4n) is 5.19. The number of ether oxygens (including phenoxy) is 1. The van der Waals surface area contributed by atoms with Gasteiger partial charge in [-0.05, 0) is 50.5 Å². The molecule has 0 aliphatic carbocycles. The third-order valence-corrected chi connectivity index (χ3v) is 8.45. The maximum atomic E-state index is 15.3. The van der Waals surface area contributed by atoms with Crippen LogP contribution in [-0.2, 0) is 32.9 Å². The number of aryl methyl sites for hydroxylation is 1. The zero-order chi connectivity index (χ0) is 30.0. The van der Waals surface area contributed by atoms with Crippen molar-refractivity contribution in [3.8, 4) is 0 Å². The molecule has 2 amide bonds. The summed E-state index contributed by atoms with van der Waals surface area (Å²) in [5.41, 5.74) is -0.207. The number of benzene rings is 2. The number of aromatic nitrogens is 1. The van der Waals surface area contributed by atoms with Crippen LogP contribution in [0.1, 0.15) is 58.9 Å². The van der Waals surface area contributed by atoms with Crippen LogP contribution in [0.15, 0.2) is 53.3 Å². The molecule has 1 fully saturated rings. The number of carbonyl (C=O) groups excluding carboxylic acids is 2. The highest BCUT2D eigenvalue weighted by Crippen LogP contribution is 2.43. The average Bonchev–Trinajstić information content (AvgIpc) is 3.68. The number of halogens is 2. The number of amides is 2. The second kappa shape index (κ2) is 12.2. The molecule has 2 N–H and O–H groups in total. The molecule has 5 rings (SSSR count). The molecule has 3 heterocycles. The first-order chi connectivity index (χ1) is 20.1. The average molecular weight is 614 g/mol. The number of likely N-dealkylation sites (tertiary alicyclic amines) is 1. The number of hydrogen-bond donors (Lipinski definition) is 2. The molecule has 1 atom stereocenters. The van der Waals surface area contributed by atoms with Crippen LogP contribution in [0.25, 0.3) is 11.0 Å². The van der Waals surface area contributed by atoms with Gasteiger partial charge in [0.1, 0.15) is 22.7 Å². The lowest BCUT2D eigenvalue weighted by Gasteiger charge is -2.38. The summed E-state index contributed by atoms with van der Waals surface area (Å²) in [7, 11) is 0. The molecule has 1 saturated heterocycles. The van der Waals surface area contributed by atoms with Gasteiger partial charge in [-0.1, -0.05) is 29.8 Å². The van der Waals surface area contributed by atoms with Gasteiger partial charge in [0.15, 0.2) is 5.72 Å². The smallest absolute Gasteiger partial charge is 0.303 e. The number of carboxylic acids is 1. The van der Waals surface area contributed by atoms with Crippen molar-refractivity contribution in [2.45, 2.75) is 57.8 Å². The van der Waals surface area contributed by atoms with Crippen molar-refractivity contribution >= 4 is 57.4 Å². The molecule has 4 aromatic rings. The SMILES string of the molecule is CC(C)O[C@]1(c2ncc(CCC(=O)O)s2)CCCN1C(=O)Cc1cc(F)c(NC(=O)c2coc3ccccc23)c(Cl)c1. The molecular formula is C30H29ClFN3O6S. The van der Waals surface area contributed by atoms with Gasteiger partial charge in [-0.2, -0.15) is 0 Å². The third kappa shape index (κ3) is 6.04. The lowest BCUT2D eigenvalue weighted by molar-refractivity contribution is -0.182. The third-order valence-electron chi connectivity index (χ3n) is 6.96. The van der Waals surface area contributed by atoms with Crippen LogP contribution in [0.5, 0.6) is 0 Å². The number of fused-ring (bicyclic) bond motifs is 1. The van der Waals surface area contributed by atoms with Crippen LogP contribution >= 0.6 is 22.9 Å². The van der Waals surface area contributed by atoms with Gasteiger partial charge in [0.05, 0.1) is 35.2 Å². The van der Waals surface area contributed by atoms with Crippen LogP contribution in [-0.4, -0.2) is 45.4 Å². The first-order valence-electron chi connectivity index (χ1n) is 13.5. The molecule has 0 saturated carbocycles. The summed E-state index contributed by atoms with van der Waals surface area (Å²) in [6.07, 6.45) is 4.04. The molecule has 1 aliphatic heterocycles. The monoisotopic (exact) mass is 613 g/mol. The molecule has 220 valence electrons. The highest BCUT2D eigenvalue weighted by atomic mass is 35.5. The summed E-state index contributed by atoms with van der Waals surface area (Å²) in [5, 5.41) is 12.7. The van der Waals surface area contributed by atoms with E-state index in [1.54, 1.807) is 35.4 Å². The highest BCUT2D eigenvalue weighted by Gasteiger charge is 2.49. The molecule has 12 heteroatoms. The van der Waals surface area contributed by atoms with E-state index in [-0.39, 0.29) is 41.1 Å². The molecule has 9 nitrogen and oxygen atoms in total. The first kappa shape index (κ1) is 29.7. The van der Waals surface area contributed by atoms with Crippen LogP contribution in [0.4, 0.5) is 10.1 Å². The van der Waals surface area contributed by atoms with Crippen molar-refractivity contribution in [3.05, 3.63) is 80.7 Å². The fraction of sp³-hybridized carbons (Fsp3) is 0.333. The summed E-state index contributed by atoms with van der Waals surface area (Å²) < 4.78 is 27.0. The van der Waals surface area contributed by atoms with Crippen LogP contribution in [0, 0.1) is 5.82 Å². The number of furan rings is 1. The summed E-state index contributed by atoms with van der Waals surface area (Å²) in [6.45, 7) is 4.16. The van der Waals surface area contributed by atoms with Crippen molar-refractivity contribution in [1.29, 1.82) is 0 Å². The summed E-state index contributed by atoms with van der Waals surface area (Å²) in [6, 6.07) is 9.63. The van der Waals surface area contributed by atoms with Crippen LogP contribution in [0.3, 0.4) is 0 Å². The Balaban J connectivity index is 1.35. The van der Waals surface area contributed by atoms with Gasteiger partial charge in [0.2, 0.25) is 5.91 Å². The molecule has 42 heavy (non-hydrogen) atoms. The lowest BCUT2D eigenvalue weighted by atomic mass is 10.1. The van der Waals surface area contributed by atoms with Crippen LogP contribution < -0.4 is 5.32 Å². The predicted octanol–water partition coefficient (Wildman–Crippen LogP) is 6.39. The molecule has 2 aromatic carbocycles. The number of carbonyl (C=O) groups is 3. The van der Waals surface area contributed by atoms with Gasteiger partial charge in [-0.3, -0.25) is 14.4 Å². The predicted molar refractivity (Wildman–Crippen MR) is 156 cm³/mol. The first-order valence-corrected chi connectivity index (χ1v) is 14.7. The van der Waals surface area contributed by atoms with E-state index >= 15 is 4.39 Å². The molecule has 0 unspecified atom stereocenters. The Kier molecular flexibility index (Phi) is 8.63. The second-order valence-corrected chi connectivity index (χ2v) is 11.9. The van der Waals surface area contributed by atoms with E-state index in [4.69, 9.17) is 25.9 Å². The Hall–Kier alpha value is -3.80. The second-order valence-electron chi connectivity index (χ2n) is 10.3. The normalized spacial score (nSPS) is 16.8. The molecular weight excluding hydrogens is 585 g/mol. The number of thiazole rings is 1. The quantitative estimate of drug-likeness (QED) is 0.212. The minimum absolute atomic E-state index is 0.0240. The van der Waals surface area contributed by atoms with E-state index in [1.807, 2.05) is 13.8 Å². The van der Waals surface area contributed by atoms with Crippen molar-refractivity contribution in [3.63, 3.8) is 0 Å². The van der Waals surface area contributed by atoms with E-state index in [1.165, 1.54) is 29.7 Å². The zero-order valence-corrected chi connectivity index (χ0v) is 24.6. The van der Waals surface area contributed by atoms with Gasteiger partial charge in [-0.15, -0.1) is 11.3 Å². The Labute approximate surface area is 250 Å². The minimum Gasteiger partial charge on any atom is -0.481 e. The van der Waals surface area contributed by atoms with Gasteiger partial charge in [0.25, 0.3) is 5.91 Å². The van der Waals surface area contributed by atoms with Gasteiger partial charge < -0.3 is 24.5 Å². The number of para-hydroxylation sites is 1. The van der Waals surface area contributed by atoms with E-state index in [2.05, 4.69) is 10.3 Å².